The summed E-state index contributed by atoms with van der Waals surface area (Å²) in [7, 11) is 4.26. The van der Waals surface area contributed by atoms with E-state index in [1.807, 2.05) is 13.8 Å². The first-order valence-electron chi connectivity index (χ1n) is 6.26. The second kappa shape index (κ2) is 6.41. The molecule has 5 nitrogen and oxygen atoms in total. The fourth-order valence-electron chi connectivity index (χ4n) is 2.30. The Morgan fingerprint density at radius 1 is 1.10 bits per heavy atom. The van der Waals surface area contributed by atoms with E-state index in [9.17, 15) is 9.59 Å². The summed E-state index contributed by atoms with van der Waals surface area (Å²) >= 11 is 0. The Bertz CT molecular complexity index is 532. The molecule has 0 bridgehead atoms. The van der Waals surface area contributed by atoms with Gasteiger partial charge in [-0.05, 0) is 18.4 Å². The maximum absolute atomic E-state index is 12.0. The molecule has 0 fully saturated rings. The number of carbonyl (C=O) groups excluding carboxylic acids is 2. The zero-order valence-electron chi connectivity index (χ0n) is 12.7. The van der Waals surface area contributed by atoms with Crippen molar-refractivity contribution in [2.24, 2.45) is 0 Å². The highest BCUT2D eigenvalue weighted by molar-refractivity contribution is 5.99. The second-order valence-electron chi connectivity index (χ2n) is 4.66. The molecular weight excluding hydrogens is 260 g/mol. The summed E-state index contributed by atoms with van der Waals surface area (Å²) in [5.41, 5.74) is 1.78. The lowest BCUT2D eigenvalue weighted by Gasteiger charge is -2.22. The molecular formula is C15H20O5. The van der Waals surface area contributed by atoms with Crippen LogP contribution < -0.4 is 9.47 Å². The van der Waals surface area contributed by atoms with Crippen LogP contribution >= 0.6 is 0 Å². The SMILES string of the molecule is COC(=O)c1c(C)c(C=O)c(OC)c(C(C)C)c1OC. The normalized spacial score (nSPS) is 10.3. The van der Waals surface area contributed by atoms with Crippen LogP contribution in [0.1, 0.15) is 51.6 Å². The van der Waals surface area contributed by atoms with Crippen LogP contribution in [0.3, 0.4) is 0 Å². The van der Waals surface area contributed by atoms with Crippen LogP contribution in [0, 0.1) is 6.92 Å². The minimum Gasteiger partial charge on any atom is -0.496 e. The summed E-state index contributed by atoms with van der Waals surface area (Å²) < 4.78 is 15.5. The van der Waals surface area contributed by atoms with Gasteiger partial charge in [0.05, 0.1) is 26.9 Å². The number of ether oxygens (including phenoxy) is 3. The van der Waals surface area contributed by atoms with Gasteiger partial charge in [0.1, 0.15) is 17.1 Å². The monoisotopic (exact) mass is 280 g/mol. The van der Waals surface area contributed by atoms with Gasteiger partial charge in [-0.3, -0.25) is 4.79 Å². The number of esters is 1. The highest BCUT2D eigenvalue weighted by atomic mass is 16.5. The molecule has 1 aromatic carbocycles. The van der Waals surface area contributed by atoms with Gasteiger partial charge >= 0.3 is 5.97 Å². The molecule has 0 amide bonds. The third-order valence-corrected chi connectivity index (χ3v) is 3.23. The van der Waals surface area contributed by atoms with Crippen LogP contribution in [-0.4, -0.2) is 33.6 Å². The van der Waals surface area contributed by atoms with E-state index in [1.54, 1.807) is 6.92 Å². The van der Waals surface area contributed by atoms with Gasteiger partial charge in [0.25, 0.3) is 0 Å². The average molecular weight is 280 g/mol. The van der Waals surface area contributed by atoms with Crippen LogP contribution in [0.25, 0.3) is 0 Å². The molecule has 0 atom stereocenters. The van der Waals surface area contributed by atoms with Crippen molar-refractivity contribution in [1.82, 2.24) is 0 Å². The molecule has 0 aliphatic carbocycles. The number of rotatable bonds is 5. The lowest BCUT2D eigenvalue weighted by atomic mass is 9.90. The highest BCUT2D eigenvalue weighted by Gasteiger charge is 2.28. The molecule has 0 spiro atoms. The third-order valence-electron chi connectivity index (χ3n) is 3.23. The summed E-state index contributed by atoms with van der Waals surface area (Å²) in [4.78, 5) is 23.4. The summed E-state index contributed by atoms with van der Waals surface area (Å²) in [5.74, 6) is 0.318. The first-order valence-corrected chi connectivity index (χ1v) is 6.26. The predicted molar refractivity (Wildman–Crippen MR) is 75.1 cm³/mol. The summed E-state index contributed by atoms with van der Waals surface area (Å²) in [6, 6.07) is 0. The van der Waals surface area contributed by atoms with Crippen molar-refractivity contribution in [3.63, 3.8) is 0 Å². The van der Waals surface area contributed by atoms with Gasteiger partial charge in [-0.1, -0.05) is 13.8 Å². The van der Waals surface area contributed by atoms with E-state index in [0.717, 1.165) is 0 Å². The van der Waals surface area contributed by atoms with E-state index < -0.39 is 5.97 Å². The van der Waals surface area contributed by atoms with Crippen molar-refractivity contribution in [2.45, 2.75) is 26.7 Å². The van der Waals surface area contributed by atoms with Gasteiger partial charge < -0.3 is 14.2 Å². The zero-order valence-corrected chi connectivity index (χ0v) is 12.7. The quantitative estimate of drug-likeness (QED) is 0.613. The Labute approximate surface area is 118 Å². The van der Waals surface area contributed by atoms with Crippen molar-refractivity contribution < 1.29 is 23.8 Å². The number of hydrogen-bond acceptors (Lipinski definition) is 5. The van der Waals surface area contributed by atoms with E-state index in [2.05, 4.69) is 0 Å². The molecule has 0 radical (unpaired) electrons. The van der Waals surface area contributed by atoms with Crippen molar-refractivity contribution in [2.75, 3.05) is 21.3 Å². The number of carbonyl (C=O) groups is 2. The van der Waals surface area contributed by atoms with Crippen LogP contribution in [0.15, 0.2) is 0 Å². The van der Waals surface area contributed by atoms with Crippen molar-refractivity contribution in [3.8, 4) is 11.5 Å². The largest absolute Gasteiger partial charge is 0.496 e. The molecule has 0 saturated heterocycles. The Balaban J connectivity index is 3.90. The maximum Gasteiger partial charge on any atom is 0.341 e. The minimum absolute atomic E-state index is 0.0163. The molecule has 1 aromatic rings. The van der Waals surface area contributed by atoms with Crippen molar-refractivity contribution >= 4 is 12.3 Å². The molecule has 0 unspecified atom stereocenters. The van der Waals surface area contributed by atoms with E-state index >= 15 is 0 Å². The standard InChI is InChI=1S/C15H20O5/c1-8(2)11-13(18-4)10(7-16)9(3)12(14(11)19-5)15(17)20-6/h7-8H,1-6H3. The molecule has 0 heterocycles. The molecule has 0 aromatic heterocycles. The Morgan fingerprint density at radius 2 is 1.65 bits per heavy atom. The Kier molecular flexibility index (Phi) is 5.13. The van der Waals surface area contributed by atoms with E-state index in [0.29, 0.717) is 34.5 Å². The molecule has 110 valence electrons. The fraction of sp³-hybridized carbons (Fsp3) is 0.467. The fourth-order valence-corrected chi connectivity index (χ4v) is 2.30. The second-order valence-corrected chi connectivity index (χ2v) is 4.66. The van der Waals surface area contributed by atoms with Gasteiger partial charge in [0.2, 0.25) is 0 Å². The molecule has 20 heavy (non-hydrogen) atoms. The van der Waals surface area contributed by atoms with E-state index in [-0.39, 0.29) is 11.5 Å². The van der Waals surface area contributed by atoms with Crippen LogP contribution in [0.2, 0.25) is 0 Å². The van der Waals surface area contributed by atoms with Crippen LogP contribution in [0.4, 0.5) is 0 Å². The smallest absolute Gasteiger partial charge is 0.341 e. The van der Waals surface area contributed by atoms with Crippen LogP contribution in [0.5, 0.6) is 11.5 Å². The van der Waals surface area contributed by atoms with E-state index in [4.69, 9.17) is 14.2 Å². The molecule has 0 aliphatic rings. The topological polar surface area (TPSA) is 61.8 Å². The van der Waals surface area contributed by atoms with Crippen molar-refractivity contribution in [1.29, 1.82) is 0 Å². The summed E-state index contributed by atoms with van der Waals surface area (Å²) in [5, 5.41) is 0. The third kappa shape index (κ3) is 2.48. The molecule has 0 saturated carbocycles. The van der Waals surface area contributed by atoms with Crippen molar-refractivity contribution in [3.05, 3.63) is 22.3 Å². The average Bonchev–Trinajstić information content (AvgIpc) is 2.44. The summed E-state index contributed by atoms with van der Waals surface area (Å²) in [6.07, 6.45) is 0.686. The first kappa shape index (κ1) is 16.0. The lowest BCUT2D eigenvalue weighted by molar-refractivity contribution is 0.0596. The molecule has 1 rings (SSSR count). The molecule has 5 heteroatoms. The predicted octanol–water partition coefficient (Wildman–Crippen LogP) is 2.73. The van der Waals surface area contributed by atoms with Gasteiger partial charge in [0.15, 0.2) is 6.29 Å². The Hall–Kier alpha value is -2.04. The van der Waals surface area contributed by atoms with E-state index in [1.165, 1.54) is 21.3 Å². The molecule has 0 N–H and O–H groups in total. The van der Waals surface area contributed by atoms with Crippen LogP contribution in [-0.2, 0) is 4.74 Å². The van der Waals surface area contributed by atoms with Gasteiger partial charge in [-0.25, -0.2) is 4.79 Å². The number of benzene rings is 1. The maximum atomic E-state index is 12.0. The highest BCUT2D eigenvalue weighted by Crippen LogP contribution is 2.42. The number of hydrogen-bond donors (Lipinski definition) is 0. The van der Waals surface area contributed by atoms with Gasteiger partial charge in [-0.2, -0.15) is 0 Å². The minimum atomic E-state index is -0.535. The van der Waals surface area contributed by atoms with Gasteiger partial charge in [-0.15, -0.1) is 0 Å². The number of aldehydes is 1. The first-order chi connectivity index (χ1) is 9.44. The summed E-state index contributed by atoms with van der Waals surface area (Å²) in [6.45, 7) is 5.54. The van der Waals surface area contributed by atoms with Gasteiger partial charge in [0, 0.05) is 5.56 Å². The Morgan fingerprint density at radius 3 is 2.00 bits per heavy atom. The lowest BCUT2D eigenvalue weighted by Crippen LogP contribution is -2.13. The number of methoxy groups -OCH3 is 3. The molecule has 0 aliphatic heterocycles. The zero-order chi connectivity index (χ0) is 15.4.